The van der Waals surface area contributed by atoms with Gasteiger partial charge in [0.15, 0.2) is 6.61 Å². The highest BCUT2D eigenvalue weighted by molar-refractivity contribution is 6.33. The molecule has 0 radical (unpaired) electrons. The van der Waals surface area contributed by atoms with Crippen LogP contribution in [0.4, 0.5) is 0 Å². The van der Waals surface area contributed by atoms with Gasteiger partial charge in [0, 0.05) is 19.2 Å². The molecule has 0 atom stereocenters. The Kier molecular flexibility index (Phi) is 5.53. The van der Waals surface area contributed by atoms with Crippen LogP contribution < -0.4 is 10.1 Å². The van der Waals surface area contributed by atoms with Gasteiger partial charge in [0.05, 0.1) is 11.6 Å². The summed E-state index contributed by atoms with van der Waals surface area (Å²) in [6.07, 6.45) is -0.0909. The molecule has 0 aliphatic heterocycles. The first-order valence-corrected chi connectivity index (χ1v) is 6.55. The lowest BCUT2D eigenvalue weighted by Gasteiger charge is -2.03. The molecule has 0 bridgehead atoms. The van der Waals surface area contributed by atoms with Crippen molar-refractivity contribution in [3.8, 4) is 17.5 Å². The first-order valence-electron chi connectivity index (χ1n) is 6.17. The number of methoxy groups -OCH3 is 1. The molecular formula is C13H14ClN3O4. The summed E-state index contributed by atoms with van der Waals surface area (Å²) < 4.78 is 14.8. The number of nitrogens with one attached hydrogen (secondary N) is 1. The molecule has 2 rings (SSSR count). The normalized spacial score (nSPS) is 10.4. The third kappa shape index (κ3) is 4.44. The SMILES string of the molecule is COCCNC(=O)COc1nc(-c2ccccc2Cl)no1. The molecule has 0 aliphatic rings. The fraction of sp³-hybridized carbons (Fsp3) is 0.308. The number of carbonyl (C=O) groups is 1. The van der Waals surface area contributed by atoms with Crippen molar-refractivity contribution in [2.45, 2.75) is 0 Å². The molecule has 1 amide bonds. The summed E-state index contributed by atoms with van der Waals surface area (Å²) in [5.74, 6) is -0.0000605. The van der Waals surface area contributed by atoms with Gasteiger partial charge in [-0.05, 0) is 12.1 Å². The van der Waals surface area contributed by atoms with Crippen LogP contribution in [-0.4, -0.2) is 42.9 Å². The van der Waals surface area contributed by atoms with Gasteiger partial charge in [0.2, 0.25) is 5.82 Å². The summed E-state index contributed by atoms with van der Waals surface area (Å²) in [7, 11) is 1.55. The van der Waals surface area contributed by atoms with E-state index in [1.807, 2.05) is 0 Å². The molecule has 0 aliphatic carbocycles. The Labute approximate surface area is 126 Å². The Hall–Kier alpha value is -2.12. The Morgan fingerprint density at radius 1 is 1.43 bits per heavy atom. The summed E-state index contributed by atoms with van der Waals surface area (Å²) in [4.78, 5) is 15.4. The van der Waals surface area contributed by atoms with E-state index in [9.17, 15) is 4.79 Å². The number of hydrogen-bond donors (Lipinski definition) is 1. The predicted molar refractivity (Wildman–Crippen MR) is 75.1 cm³/mol. The molecule has 1 N–H and O–H groups in total. The maximum Gasteiger partial charge on any atom is 0.418 e. The van der Waals surface area contributed by atoms with Crippen LogP contribution in [0.1, 0.15) is 0 Å². The minimum atomic E-state index is -0.301. The number of nitrogens with zero attached hydrogens (tertiary/aromatic N) is 2. The Bertz CT molecular complexity index is 603. The van der Waals surface area contributed by atoms with Gasteiger partial charge in [-0.3, -0.25) is 9.32 Å². The number of benzene rings is 1. The van der Waals surface area contributed by atoms with Crippen LogP contribution in [0.25, 0.3) is 11.4 Å². The van der Waals surface area contributed by atoms with E-state index < -0.39 is 0 Å². The molecular weight excluding hydrogens is 298 g/mol. The van der Waals surface area contributed by atoms with Crippen LogP contribution in [0.2, 0.25) is 5.02 Å². The summed E-state index contributed by atoms with van der Waals surface area (Å²) >= 11 is 6.03. The largest absolute Gasteiger partial charge is 0.439 e. The van der Waals surface area contributed by atoms with E-state index in [2.05, 4.69) is 15.5 Å². The molecule has 7 nitrogen and oxygen atoms in total. The summed E-state index contributed by atoms with van der Waals surface area (Å²) in [6.45, 7) is 0.629. The summed E-state index contributed by atoms with van der Waals surface area (Å²) in [5, 5.41) is 6.86. The van der Waals surface area contributed by atoms with Gasteiger partial charge in [-0.15, -0.1) is 0 Å². The number of halogens is 1. The zero-order chi connectivity index (χ0) is 15.1. The second kappa shape index (κ2) is 7.61. The van der Waals surface area contributed by atoms with Gasteiger partial charge in [-0.1, -0.05) is 28.9 Å². The van der Waals surface area contributed by atoms with Gasteiger partial charge in [-0.2, -0.15) is 4.98 Å². The van der Waals surface area contributed by atoms with Crippen molar-refractivity contribution >= 4 is 17.5 Å². The quantitative estimate of drug-likeness (QED) is 0.780. The molecule has 0 unspecified atom stereocenters. The van der Waals surface area contributed by atoms with E-state index in [0.717, 1.165) is 0 Å². The van der Waals surface area contributed by atoms with Gasteiger partial charge in [-0.25, -0.2) is 0 Å². The topological polar surface area (TPSA) is 86.5 Å². The average Bonchev–Trinajstić information content (AvgIpc) is 2.94. The average molecular weight is 312 g/mol. The first kappa shape index (κ1) is 15.3. The molecule has 21 heavy (non-hydrogen) atoms. The fourth-order valence-corrected chi connectivity index (χ4v) is 1.71. The lowest BCUT2D eigenvalue weighted by atomic mass is 10.2. The maximum absolute atomic E-state index is 11.4. The Balaban J connectivity index is 1.89. The smallest absolute Gasteiger partial charge is 0.418 e. The van der Waals surface area contributed by atoms with Crippen molar-refractivity contribution in [3.05, 3.63) is 29.3 Å². The second-order valence-electron chi connectivity index (χ2n) is 4.00. The van der Waals surface area contributed by atoms with Crippen LogP contribution >= 0.6 is 11.6 Å². The molecule has 112 valence electrons. The highest BCUT2D eigenvalue weighted by Crippen LogP contribution is 2.26. The highest BCUT2D eigenvalue weighted by Gasteiger charge is 2.13. The molecule has 0 spiro atoms. The van der Waals surface area contributed by atoms with Gasteiger partial charge in [0.25, 0.3) is 5.91 Å². The molecule has 0 saturated carbocycles. The molecule has 1 heterocycles. The van der Waals surface area contributed by atoms with Crippen molar-refractivity contribution in [1.82, 2.24) is 15.5 Å². The third-order valence-corrected chi connectivity index (χ3v) is 2.81. The monoisotopic (exact) mass is 311 g/mol. The predicted octanol–water partition coefficient (Wildman–Crippen LogP) is 1.53. The van der Waals surface area contributed by atoms with Crippen molar-refractivity contribution < 1.29 is 18.8 Å². The lowest BCUT2D eigenvalue weighted by Crippen LogP contribution is -2.31. The van der Waals surface area contributed by atoms with Gasteiger partial charge < -0.3 is 14.8 Å². The molecule has 2 aromatic rings. The van der Waals surface area contributed by atoms with Crippen molar-refractivity contribution in [2.24, 2.45) is 0 Å². The van der Waals surface area contributed by atoms with Crippen LogP contribution in [0.3, 0.4) is 0 Å². The number of ether oxygens (including phenoxy) is 2. The molecule has 8 heteroatoms. The zero-order valence-corrected chi connectivity index (χ0v) is 12.1. The Morgan fingerprint density at radius 3 is 3.00 bits per heavy atom. The summed E-state index contributed by atoms with van der Waals surface area (Å²) in [5.41, 5.74) is 0.627. The van der Waals surface area contributed by atoms with E-state index >= 15 is 0 Å². The van der Waals surface area contributed by atoms with Crippen LogP contribution in [0.15, 0.2) is 28.8 Å². The van der Waals surface area contributed by atoms with E-state index in [-0.39, 0.29) is 18.6 Å². The number of amides is 1. The molecule has 1 aromatic heterocycles. The van der Waals surface area contributed by atoms with Crippen molar-refractivity contribution in [3.63, 3.8) is 0 Å². The number of carbonyl (C=O) groups excluding carboxylic acids is 1. The third-order valence-electron chi connectivity index (χ3n) is 2.48. The fourth-order valence-electron chi connectivity index (χ4n) is 1.49. The van der Waals surface area contributed by atoms with Crippen molar-refractivity contribution in [2.75, 3.05) is 26.9 Å². The number of hydrogen-bond acceptors (Lipinski definition) is 6. The number of aromatic nitrogens is 2. The number of rotatable bonds is 7. The molecule has 0 fully saturated rings. The van der Waals surface area contributed by atoms with Crippen LogP contribution in [0, 0.1) is 0 Å². The second-order valence-corrected chi connectivity index (χ2v) is 4.40. The highest BCUT2D eigenvalue weighted by atomic mass is 35.5. The lowest BCUT2D eigenvalue weighted by molar-refractivity contribution is -0.123. The van der Waals surface area contributed by atoms with E-state index in [0.29, 0.717) is 29.6 Å². The standard InChI is InChI=1S/C13H14ClN3O4/c1-19-7-6-15-11(18)8-20-13-16-12(17-21-13)9-4-2-3-5-10(9)14/h2-5H,6-8H2,1H3,(H,15,18). The van der Waals surface area contributed by atoms with Crippen molar-refractivity contribution in [1.29, 1.82) is 0 Å². The molecule has 1 aromatic carbocycles. The van der Waals surface area contributed by atoms with Gasteiger partial charge >= 0.3 is 6.08 Å². The minimum Gasteiger partial charge on any atom is -0.439 e. The van der Waals surface area contributed by atoms with E-state index in [4.69, 9.17) is 25.6 Å². The summed E-state index contributed by atoms with van der Waals surface area (Å²) in [6, 6.07) is 7.08. The maximum atomic E-state index is 11.4. The van der Waals surface area contributed by atoms with Crippen LogP contribution in [0.5, 0.6) is 6.08 Å². The van der Waals surface area contributed by atoms with E-state index in [1.165, 1.54) is 0 Å². The van der Waals surface area contributed by atoms with E-state index in [1.54, 1.807) is 31.4 Å². The zero-order valence-electron chi connectivity index (χ0n) is 11.3. The van der Waals surface area contributed by atoms with Crippen LogP contribution in [-0.2, 0) is 9.53 Å². The minimum absolute atomic E-state index is 0.0909. The molecule has 0 saturated heterocycles. The Morgan fingerprint density at radius 2 is 2.24 bits per heavy atom. The first-order chi connectivity index (χ1) is 10.2. The van der Waals surface area contributed by atoms with Gasteiger partial charge in [0.1, 0.15) is 0 Å².